The molecule has 1 aliphatic heterocycles. The highest BCUT2D eigenvalue weighted by atomic mass is 19.1. The number of amides is 2. The first kappa shape index (κ1) is 21.2. The van der Waals surface area contributed by atoms with Crippen LogP contribution in [-0.4, -0.2) is 54.8 Å². The van der Waals surface area contributed by atoms with Crippen molar-refractivity contribution in [1.82, 2.24) is 10.2 Å². The first-order valence-electron chi connectivity index (χ1n) is 9.93. The summed E-state index contributed by atoms with van der Waals surface area (Å²) in [5.74, 6) is 0.236. The molecule has 160 valence electrons. The number of hydrogen-bond acceptors (Lipinski definition) is 5. The van der Waals surface area contributed by atoms with Crippen LogP contribution in [0, 0.1) is 11.7 Å². The van der Waals surface area contributed by atoms with Crippen molar-refractivity contribution in [1.29, 1.82) is 0 Å². The van der Waals surface area contributed by atoms with E-state index in [2.05, 4.69) is 5.32 Å². The molecule has 1 atom stereocenters. The average molecular weight is 408 g/mol. The van der Waals surface area contributed by atoms with Crippen molar-refractivity contribution in [2.24, 2.45) is 5.92 Å². The fourth-order valence-electron chi connectivity index (χ4n) is 3.49. The van der Waals surface area contributed by atoms with Crippen LogP contribution >= 0.6 is 0 Å². The lowest BCUT2D eigenvalue weighted by Gasteiger charge is -2.35. The van der Waals surface area contributed by atoms with Crippen LogP contribution < -0.4 is 14.8 Å². The minimum Gasteiger partial charge on any atom is -0.493 e. The third-order valence-corrected chi connectivity index (χ3v) is 5.07. The van der Waals surface area contributed by atoms with E-state index in [0.717, 1.165) is 0 Å². The van der Waals surface area contributed by atoms with E-state index in [1.807, 2.05) is 20.8 Å². The predicted octanol–water partition coefficient (Wildman–Crippen LogP) is 3.12. The number of carbonyl (C=O) groups is 2. The molecular weight excluding hydrogens is 379 g/mol. The maximum Gasteiger partial charge on any atom is 0.410 e. The zero-order valence-electron chi connectivity index (χ0n) is 17.4. The third-order valence-electron chi connectivity index (χ3n) is 5.07. The van der Waals surface area contributed by atoms with E-state index < -0.39 is 11.4 Å². The summed E-state index contributed by atoms with van der Waals surface area (Å²) in [5.41, 5.74) is -0.538. The molecule has 2 amide bonds. The van der Waals surface area contributed by atoms with Gasteiger partial charge in [0.2, 0.25) is 5.91 Å². The number of rotatable bonds is 5. The highest BCUT2D eigenvalue weighted by molar-refractivity contribution is 5.80. The van der Waals surface area contributed by atoms with Crippen molar-refractivity contribution in [2.45, 2.75) is 57.8 Å². The number of halogens is 1. The highest BCUT2D eigenvalue weighted by Gasteiger charge is 2.38. The molecule has 1 aromatic rings. The monoisotopic (exact) mass is 408 g/mol. The van der Waals surface area contributed by atoms with Crippen LogP contribution in [0.2, 0.25) is 0 Å². The molecule has 0 aromatic heterocycles. The van der Waals surface area contributed by atoms with Crippen molar-refractivity contribution in [3.63, 3.8) is 0 Å². The van der Waals surface area contributed by atoms with Crippen LogP contribution in [0.15, 0.2) is 18.2 Å². The number of ether oxygens (including phenoxy) is 3. The molecular formula is C21H29FN2O5. The summed E-state index contributed by atoms with van der Waals surface area (Å²) >= 11 is 0. The number of benzene rings is 1. The van der Waals surface area contributed by atoms with Gasteiger partial charge >= 0.3 is 6.09 Å². The topological polar surface area (TPSA) is 77.1 Å². The second kappa shape index (κ2) is 8.47. The van der Waals surface area contributed by atoms with E-state index in [1.165, 1.54) is 25.3 Å². The Morgan fingerprint density at radius 2 is 1.93 bits per heavy atom. The van der Waals surface area contributed by atoms with Gasteiger partial charge in [-0.25, -0.2) is 9.18 Å². The quantitative estimate of drug-likeness (QED) is 0.810. The van der Waals surface area contributed by atoms with Gasteiger partial charge in [-0.15, -0.1) is 0 Å². The number of carbonyl (C=O) groups excluding carboxylic acids is 2. The molecule has 2 aliphatic rings. The van der Waals surface area contributed by atoms with Gasteiger partial charge in [0.05, 0.1) is 7.11 Å². The summed E-state index contributed by atoms with van der Waals surface area (Å²) in [6.45, 7) is 6.50. The molecule has 1 saturated heterocycles. The molecule has 1 heterocycles. The van der Waals surface area contributed by atoms with Crippen LogP contribution in [-0.2, 0) is 9.53 Å². The summed E-state index contributed by atoms with van der Waals surface area (Å²) in [7, 11) is 1.50. The summed E-state index contributed by atoms with van der Waals surface area (Å²) < 4.78 is 29.8. The van der Waals surface area contributed by atoms with E-state index in [1.54, 1.807) is 4.90 Å². The smallest absolute Gasteiger partial charge is 0.410 e. The number of nitrogens with one attached hydrogen (secondary N) is 1. The van der Waals surface area contributed by atoms with Gasteiger partial charge in [-0.1, -0.05) is 0 Å². The number of hydrogen-bond donors (Lipinski definition) is 1. The fourth-order valence-corrected chi connectivity index (χ4v) is 3.49. The molecule has 1 N–H and O–H groups in total. The Hall–Kier alpha value is -2.51. The van der Waals surface area contributed by atoms with Crippen molar-refractivity contribution >= 4 is 12.0 Å². The van der Waals surface area contributed by atoms with E-state index >= 15 is 0 Å². The van der Waals surface area contributed by atoms with Crippen molar-refractivity contribution in [3.05, 3.63) is 24.0 Å². The Labute approximate surface area is 170 Å². The van der Waals surface area contributed by atoms with Crippen LogP contribution in [0.5, 0.6) is 11.5 Å². The summed E-state index contributed by atoms with van der Waals surface area (Å²) in [4.78, 5) is 26.2. The second-order valence-electron chi connectivity index (χ2n) is 8.62. The molecule has 1 aliphatic carbocycles. The number of nitrogens with zero attached hydrogens (tertiary/aromatic N) is 1. The van der Waals surface area contributed by atoms with Crippen molar-refractivity contribution < 1.29 is 28.2 Å². The van der Waals surface area contributed by atoms with Gasteiger partial charge in [-0.3, -0.25) is 4.79 Å². The first-order chi connectivity index (χ1) is 13.6. The summed E-state index contributed by atoms with van der Waals surface area (Å²) in [6, 6.07) is 4.04. The molecule has 0 spiro atoms. The lowest BCUT2D eigenvalue weighted by molar-refractivity contribution is -0.131. The van der Waals surface area contributed by atoms with Gasteiger partial charge in [-0.05, 0) is 52.2 Å². The normalized spacial score (nSPS) is 23.9. The predicted molar refractivity (Wildman–Crippen MR) is 104 cm³/mol. The van der Waals surface area contributed by atoms with Gasteiger partial charge in [0.25, 0.3) is 0 Å². The standard InChI is InChI=1S/C21H29FN2O5/c1-21(2,3)29-20(26)24-8-7-15(12-24)23-19(25)13-9-16(10-13)28-18-11-14(22)5-6-17(18)27-4/h5-6,11,13,15-16H,7-10,12H2,1-4H3,(H,23,25). The molecule has 7 nitrogen and oxygen atoms in total. The molecule has 1 saturated carbocycles. The lowest BCUT2D eigenvalue weighted by atomic mass is 9.81. The number of likely N-dealkylation sites (tertiary alicyclic amines) is 1. The van der Waals surface area contributed by atoms with Crippen LogP contribution in [0.3, 0.4) is 0 Å². The molecule has 2 fully saturated rings. The molecule has 1 aromatic carbocycles. The minimum absolute atomic E-state index is 0.0351. The molecule has 29 heavy (non-hydrogen) atoms. The zero-order chi connectivity index (χ0) is 21.2. The van der Waals surface area contributed by atoms with Crippen molar-refractivity contribution in [2.75, 3.05) is 20.2 Å². The van der Waals surface area contributed by atoms with Gasteiger partial charge in [0, 0.05) is 31.1 Å². The maximum absolute atomic E-state index is 13.4. The van der Waals surface area contributed by atoms with Crippen LogP contribution in [0.1, 0.15) is 40.0 Å². The average Bonchev–Trinajstić information content (AvgIpc) is 3.05. The Balaban J connectivity index is 1.42. The molecule has 0 bridgehead atoms. The Bertz CT molecular complexity index is 758. The van der Waals surface area contributed by atoms with Gasteiger partial charge in [0.1, 0.15) is 17.5 Å². The molecule has 3 rings (SSSR count). The van der Waals surface area contributed by atoms with E-state index in [0.29, 0.717) is 43.9 Å². The van der Waals surface area contributed by atoms with Crippen LogP contribution in [0.4, 0.5) is 9.18 Å². The SMILES string of the molecule is COc1ccc(F)cc1OC1CC(C(=O)NC2CCN(C(=O)OC(C)(C)C)C2)C1. The van der Waals surface area contributed by atoms with E-state index in [9.17, 15) is 14.0 Å². The van der Waals surface area contributed by atoms with Crippen LogP contribution in [0.25, 0.3) is 0 Å². The Morgan fingerprint density at radius 3 is 2.59 bits per heavy atom. The van der Waals surface area contributed by atoms with E-state index in [-0.39, 0.29) is 30.1 Å². The Kier molecular flexibility index (Phi) is 6.19. The highest BCUT2D eigenvalue weighted by Crippen LogP contribution is 2.36. The Morgan fingerprint density at radius 1 is 1.21 bits per heavy atom. The lowest BCUT2D eigenvalue weighted by Crippen LogP contribution is -2.47. The molecule has 1 unspecified atom stereocenters. The largest absolute Gasteiger partial charge is 0.493 e. The second-order valence-corrected chi connectivity index (χ2v) is 8.62. The van der Waals surface area contributed by atoms with Gasteiger partial charge in [0.15, 0.2) is 11.5 Å². The minimum atomic E-state index is -0.538. The number of methoxy groups -OCH3 is 1. The van der Waals surface area contributed by atoms with Gasteiger partial charge < -0.3 is 24.4 Å². The maximum atomic E-state index is 13.4. The summed E-state index contributed by atoms with van der Waals surface area (Å²) in [5, 5.41) is 3.02. The summed E-state index contributed by atoms with van der Waals surface area (Å²) in [6.07, 6.45) is 1.33. The molecule has 8 heteroatoms. The first-order valence-corrected chi connectivity index (χ1v) is 9.93. The third kappa shape index (κ3) is 5.52. The molecule has 0 radical (unpaired) electrons. The van der Waals surface area contributed by atoms with E-state index in [4.69, 9.17) is 14.2 Å². The fraction of sp³-hybridized carbons (Fsp3) is 0.619. The van der Waals surface area contributed by atoms with Gasteiger partial charge in [-0.2, -0.15) is 0 Å². The van der Waals surface area contributed by atoms with Crippen molar-refractivity contribution in [3.8, 4) is 11.5 Å². The zero-order valence-corrected chi connectivity index (χ0v) is 17.4.